The van der Waals surface area contributed by atoms with Gasteiger partial charge in [0.15, 0.2) is 5.09 Å². The molecule has 2 rings (SSSR count). The number of rotatable bonds is 2. The second-order valence-corrected chi connectivity index (χ2v) is 4.16. The van der Waals surface area contributed by atoms with Gasteiger partial charge < -0.3 is 4.42 Å². The largest absolute Gasteiger partial charge is 0.454 e. The fourth-order valence-corrected chi connectivity index (χ4v) is 2.24. The van der Waals surface area contributed by atoms with Crippen LogP contribution in [0.15, 0.2) is 33.8 Å². The summed E-state index contributed by atoms with van der Waals surface area (Å²) in [4.78, 5) is 0. The molecular weight excluding hydrogens is 180 g/mol. The first kappa shape index (κ1) is 8.70. The van der Waals surface area contributed by atoms with Gasteiger partial charge in [0.25, 0.3) is 0 Å². The molecule has 0 unspecified atom stereocenters. The monoisotopic (exact) mass is 192 g/mol. The summed E-state index contributed by atoms with van der Waals surface area (Å²) in [5.41, 5.74) is 0. The first-order valence-electron chi connectivity index (χ1n) is 4.44. The smallest absolute Gasteiger partial charge is 0.168 e. The lowest BCUT2D eigenvalue weighted by atomic mass is 10.2. The summed E-state index contributed by atoms with van der Waals surface area (Å²) in [5, 5.41) is 3.53. The highest BCUT2D eigenvalue weighted by molar-refractivity contribution is 7.99. The molecule has 0 saturated heterocycles. The molecule has 0 aliphatic carbocycles. The topological polar surface area (TPSA) is 13.1 Å². The van der Waals surface area contributed by atoms with Crippen LogP contribution in [0.1, 0.15) is 12.7 Å². The second-order valence-electron chi connectivity index (χ2n) is 2.92. The Kier molecular flexibility index (Phi) is 2.32. The van der Waals surface area contributed by atoms with E-state index in [1.165, 1.54) is 10.8 Å². The number of hydrogen-bond acceptors (Lipinski definition) is 2. The number of thioether (sulfide) groups is 1. The normalized spacial score (nSPS) is 10.9. The maximum absolute atomic E-state index is 5.67. The molecular formula is C11H12OS. The van der Waals surface area contributed by atoms with Gasteiger partial charge in [-0.2, -0.15) is 0 Å². The Morgan fingerprint density at radius 2 is 1.92 bits per heavy atom. The molecule has 1 aromatic carbocycles. The highest BCUT2D eigenvalue weighted by Gasteiger charge is 2.08. The molecule has 2 aromatic rings. The van der Waals surface area contributed by atoms with Crippen LogP contribution in [0.4, 0.5) is 0 Å². The van der Waals surface area contributed by atoms with Crippen molar-refractivity contribution in [2.24, 2.45) is 0 Å². The van der Waals surface area contributed by atoms with E-state index in [2.05, 4.69) is 25.1 Å². The molecule has 0 atom stereocenters. The first-order valence-corrected chi connectivity index (χ1v) is 5.42. The van der Waals surface area contributed by atoms with Gasteiger partial charge >= 0.3 is 0 Å². The molecule has 0 bridgehead atoms. The summed E-state index contributed by atoms with van der Waals surface area (Å²) in [7, 11) is 0. The first-order chi connectivity index (χ1) is 6.33. The zero-order chi connectivity index (χ0) is 9.26. The van der Waals surface area contributed by atoms with E-state index in [1.807, 2.05) is 13.0 Å². The Morgan fingerprint density at radius 3 is 2.62 bits per heavy atom. The van der Waals surface area contributed by atoms with Crippen LogP contribution >= 0.6 is 11.8 Å². The Balaban J connectivity index is 2.63. The van der Waals surface area contributed by atoms with Crippen LogP contribution in [-0.4, -0.2) is 5.75 Å². The number of fused-ring (bicyclic) bond motifs is 1. The van der Waals surface area contributed by atoms with Crippen molar-refractivity contribution in [2.45, 2.75) is 18.9 Å². The molecule has 1 heterocycles. The molecule has 0 fully saturated rings. The minimum atomic E-state index is 1.02. The van der Waals surface area contributed by atoms with Crippen LogP contribution in [0.3, 0.4) is 0 Å². The van der Waals surface area contributed by atoms with Gasteiger partial charge in [0.2, 0.25) is 0 Å². The van der Waals surface area contributed by atoms with Gasteiger partial charge in [0.1, 0.15) is 5.76 Å². The van der Waals surface area contributed by atoms with Crippen molar-refractivity contribution in [2.75, 3.05) is 5.75 Å². The van der Waals surface area contributed by atoms with Gasteiger partial charge in [-0.25, -0.2) is 0 Å². The van der Waals surface area contributed by atoms with Crippen LogP contribution in [0.2, 0.25) is 0 Å². The predicted octanol–water partition coefficient (Wildman–Crippen LogP) is 3.85. The summed E-state index contributed by atoms with van der Waals surface area (Å²) < 4.78 is 5.67. The lowest BCUT2D eigenvalue weighted by molar-refractivity contribution is 0.455. The zero-order valence-corrected chi connectivity index (χ0v) is 8.65. The molecule has 68 valence electrons. The van der Waals surface area contributed by atoms with E-state index in [0.29, 0.717) is 0 Å². The van der Waals surface area contributed by atoms with Crippen molar-refractivity contribution in [3.05, 3.63) is 30.0 Å². The van der Waals surface area contributed by atoms with Crippen molar-refractivity contribution >= 4 is 22.5 Å². The number of aryl methyl sites for hydroxylation is 1. The standard InChI is InChI=1S/C11H12OS/c1-3-13-11-10-7-5-4-6-9(10)8(2)12-11/h4-7H,3H2,1-2H3. The van der Waals surface area contributed by atoms with E-state index in [4.69, 9.17) is 4.42 Å². The van der Waals surface area contributed by atoms with Crippen molar-refractivity contribution < 1.29 is 4.42 Å². The second kappa shape index (κ2) is 3.46. The van der Waals surface area contributed by atoms with Crippen LogP contribution in [0, 0.1) is 6.92 Å². The molecule has 0 aliphatic rings. The van der Waals surface area contributed by atoms with E-state index in [-0.39, 0.29) is 0 Å². The third-order valence-corrected chi connectivity index (χ3v) is 2.90. The Morgan fingerprint density at radius 1 is 1.23 bits per heavy atom. The quantitative estimate of drug-likeness (QED) is 0.670. The zero-order valence-electron chi connectivity index (χ0n) is 7.83. The Hall–Kier alpha value is -0.890. The lowest BCUT2D eigenvalue weighted by Gasteiger charge is -1.91. The fraction of sp³-hybridized carbons (Fsp3) is 0.273. The van der Waals surface area contributed by atoms with E-state index >= 15 is 0 Å². The number of hydrogen-bond donors (Lipinski definition) is 0. The minimum Gasteiger partial charge on any atom is -0.454 e. The molecule has 0 N–H and O–H groups in total. The summed E-state index contributed by atoms with van der Waals surface area (Å²) in [5.74, 6) is 2.07. The predicted molar refractivity (Wildman–Crippen MR) is 57.3 cm³/mol. The highest BCUT2D eigenvalue weighted by Crippen LogP contribution is 2.32. The average molecular weight is 192 g/mol. The van der Waals surface area contributed by atoms with Gasteiger partial charge in [-0.05, 0) is 18.7 Å². The number of furan rings is 1. The van der Waals surface area contributed by atoms with Gasteiger partial charge in [0.05, 0.1) is 0 Å². The molecule has 13 heavy (non-hydrogen) atoms. The lowest BCUT2D eigenvalue weighted by Crippen LogP contribution is -1.68. The minimum absolute atomic E-state index is 1.02. The summed E-state index contributed by atoms with van der Waals surface area (Å²) in [6.45, 7) is 4.15. The van der Waals surface area contributed by atoms with Gasteiger partial charge in [-0.1, -0.05) is 36.9 Å². The van der Waals surface area contributed by atoms with Crippen molar-refractivity contribution in [3.63, 3.8) is 0 Å². The summed E-state index contributed by atoms with van der Waals surface area (Å²) >= 11 is 1.76. The van der Waals surface area contributed by atoms with E-state index in [9.17, 15) is 0 Å². The molecule has 0 spiro atoms. The SMILES string of the molecule is CCSc1oc(C)c2ccccc12. The summed E-state index contributed by atoms with van der Waals surface area (Å²) in [6.07, 6.45) is 0. The number of benzene rings is 1. The van der Waals surface area contributed by atoms with E-state index < -0.39 is 0 Å². The van der Waals surface area contributed by atoms with Gasteiger partial charge in [-0.3, -0.25) is 0 Å². The van der Waals surface area contributed by atoms with Gasteiger partial charge in [0, 0.05) is 10.8 Å². The summed E-state index contributed by atoms with van der Waals surface area (Å²) in [6, 6.07) is 8.32. The maximum atomic E-state index is 5.67. The molecule has 2 heteroatoms. The van der Waals surface area contributed by atoms with Crippen LogP contribution in [0.5, 0.6) is 0 Å². The average Bonchev–Trinajstić information content (AvgIpc) is 2.46. The van der Waals surface area contributed by atoms with Crippen molar-refractivity contribution in [1.29, 1.82) is 0 Å². The fourth-order valence-electron chi connectivity index (χ4n) is 1.46. The van der Waals surface area contributed by atoms with Crippen LogP contribution in [-0.2, 0) is 0 Å². The third-order valence-electron chi connectivity index (χ3n) is 2.05. The maximum Gasteiger partial charge on any atom is 0.168 e. The molecule has 0 aliphatic heterocycles. The van der Waals surface area contributed by atoms with Crippen LogP contribution in [0.25, 0.3) is 10.8 Å². The van der Waals surface area contributed by atoms with Crippen molar-refractivity contribution in [3.8, 4) is 0 Å². The Labute approximate surface area is 82.1 Å². The van der Waals surface area contributed by atoms with Crippen molar-refractivity contribution in [1.82, 2.24) is 0 Å². The van der Waals surface area contributed by atoms with E-state index in [0.717, 1.165) is 16.6 Å². The van der Waals surface area contributed by atoms with Gasteiger partial charge in [-0.15, -0.1) is 0 Å². The molecule has 0 radical (unpaired) electrons. The van der Waals surface area contributed by atoms with Crippen LogP contribution < -0.4 is 0 Å². The van der Waals surface area contributed by atoms with E-state index in [1.54, 1.807) is 11.8 Å². The molecule has 0 amide bonds. The third kappa shape index (κ3) is 1.46. The Bertz CT molecular complexity index is 417. The molecule has 0 saturated carbocycles. The highest BCUT2D eigenvalue weighted by atomic mass is 32.2. The molecule has 1 aromatic heterocycles. The molecule has 1 nitrogen and oxygen atoms in total.